The first kappa shape index (κ1) is 19.3. The standard InChI is InChI=1S/C21H20N2O5/c1-2-27-21(26)19(14-8-4-3-5-9-14)28-18(24)13-12-17-20(25)23-16-11-7-6-10-15(16)22-17/h3-11,19H,2,12-13H2,1H3,(H,23,25)/t19-/m1/s1. The minimum Gasteiger partial charge on any atom is -0.463 e. The van der Waals surface area contributed by atoms with Crippen molar-refractivity contribution in [2.45, 2.75) is 25.9 Å². The molecule has 7 heteroatoms. The molecular weight excluding hydrogens is 360 g/mol. The topological polar surface area (TPSA) is 98.3 Å². The van der Waals surface area contributed by atoms with Gasteiger partial charge in [0.1, 0.15) is 5.69 Å². The van der Waals surface area contributed by atoms with Gasteiger partial charge in [0, 0.05) is 12.0 Å². The number of hydrogen-bond acceptors (Lipinski definition) is 6. The highest BCUT2D eigenvalue weighted by atomic mass is 16.6. The van der Waals surface area contributed by atoms with Gasteiger partial charge in [-0.1, -0.05) is 42.5 Å². The number of nitrogens with zero attached hydrogens (tertiary/aromatic N) is 1. The second-order valence-electron chi connectivity index (χ2n) is 6.06. The Hall–Kier alpha value is -3.48. The minimum absolute atomic E-state index is 0.0862. The van der Waals surface area contributed by atoms with E-state index in [-0.39, 0.29) is 30.7 Å². The monoisotopic (exact) mass is 380 g/mol. The average Bonchev–Trinajstić information content (AvgIpc) is 2.71. The van der Waals surface area contributed by atoms with E-state index in [4.69, 9.17) is 9.47 Å². The first-order valence-corrected chi connectivity index (χ1v) is 8.97. The lowest BCUT2D eigenvalue weighted by molar-refractivity contribution is -0.168. The van der Waals surface area contributed by atoms with Crippen molar-refractivity contribution >= 4 is 23.0 Å². The van der Waals surface area contributed by atoms with Crippen LogP contribution in [0.2, 0.25) is 0 Å². The van der Waals surface area contributed by atoms with Gasteiger partial charge in [-0.3, -0.25) is 9.59 Å². The van der Waals surface area contributed by atoms with Crippen LogP contribution in [0.3, 0.4) is 0 Å². The molecule has 1 aromatic heterocycles. The molecule has 1 N–H and O–H groups in total. The Balaban J connectivity index is 1.70. The molecule has 3 rings (SSSR count). The summed E-state index contributed by atoms with van der Waals surface area (Å²) in [5, 5.41) is 0. The molecule has 7 nitrogen and oxygen atoms in total. The van der Waals surface area contributed by atoms with Crippen LogP contribution < -0.4 is 5.56 Å². The van der Waals surface area contributed by atoms with Gasteiger partial charge in [-0.25, -0.2) is 9.78 Å². The molecule has 2 aromatic carbocycles. The molecule has 1 atom stereocenters. The number of rotatable bonds is 7. The summed E-state index contributed by atoms with van der Waals surface area (Å²) in [5.74, 6) is -1.25. The number of carbonyl (C=O) groups excluding carboxylic acids is 2. The summed E-state index contributed by atoms with van der Waals surface area (Å²) in [4.78, 5) is 43.7. The van der Waals surface area contributed by atoms with Gasteiger partial charge >= 0.3 is 11.9 Å². The van der Waals surface area contributed by atoms with Gasteiger partial charge in [-0.05, 0) is 19.1 Å². The van der Waals surface area contributed by atoms with E-state index < -0.39 is 18.0 Å². The molecule has 0 spiro atoms. The highest BCUT2D eigenvalue weighted by Gasteiger charge is 2.26. The molecule has 0 aliphatic carbocycles. The van der Waals surface area contributed by atoms with Gasteiger partial charge in [0.2, 0.25) is 6.10 Å². The number of para-hydroxylation sites is 2. The van der Waals surface area contributed by atoms with Gasteiger partial charge in [0.05, 0.1) is 24.1 Å². The lowest BCUT2D eigenvalue weighted by Crippen LogP contribution is -2.23. The van der Waals surface area contributed by atoms with Gasteiger partial charge in [-0.2, -0.15) is 0 Å². The molecule has 3 aromatic rings. The second kappa shape index (κ2) is 8.94. The lowest BCUT2D eigenvalue weighted by Gasteiger charge is -2.16. The number of aromatic amines is 1. The van der Waals surface area contributed by atoms with Crippen LogP contribution in [0, 0.1) is 0 Å². The van der Waals surface area contributed by atoms with E-state index in [1.54, 1.807) is 55.5 Å². The maximum atomic E-state index is 12.3. The summed E-state index contributed by atoms with van der Waals surface area (Å²) in [5.41, 5.74) is 1.68. The van der Waals surface area contributed by atoms with Crippen LogP contribution in [0.15, 0.2) is 59.4 Å². The number of H-pyrrole nitrogens is 1. The zero-order valence-electron chi connectivity index (χ0n) is 15.4. The predicted molar refractivity (Wildman–Crippen MR) is 103 cm³/mol. The third-order valence-corrected chi connectivity index (χ3v) is 4.09. The quantitative estimate of drug-likeness (QED) is 0.633. The zero-order valence-corrected chi connectivity index (χ0v) is 15.4. The van der Waals surface area contributed by atoms with E-state index >= 15 is 0 Å². The molecule has 0 fully saturated rings. The molecule has 0 bridgehead atoms. The summed E-state index contributed by atoms with van der Waals surface area (Å²) < 4.78 is 10.4. The maximum Gasteiger partial charge on any atom is 0.352 e. The highest BCUT2D eigenvalue weighted by molar-refractivity contribution is 5.81. The number of fused-ring (bicyclic) bond motifs is 1. The molecule has 0 unspecified atom stereocenters. The fourth-order valence-corrected chi connectivity index (χ4v) is 2.75. The Bertz CT molecular complexity index is 1030. The first-order valence-electron chi connectivity index (χ1n) is 8.97. The normalized spacial score (nSPS) is 11.8. The molecule has 144 valence electrons. The number of hydrogen-bond donors (Lipinski definition) is 1. The van der Waals surface area contributed by atoms with Crippen molar-refractivity contribution in [3.05, 3.63) is 76.2 Å². The van der Waals surface area contributed by atoms with E-state index in [1.807, 2.05) is 6.07 Å². The van der Waals surface area contributed by atoms with Crippen LogP contribution in [-0.4, -0.2) is 28.5 Å². The fraction of sp³-hybridized carbons (Fsp3) is 0.238. The van der Waals surface area contributed by atoms with E-state index in [9.17, 15) is 14.4 Å². The molecule has 0 amide bonds. The van der Waals surface area contributed by atoms with Crippen molar-refractivity contribution in [2.75, 3.05) is 6.61 Å². The highest BCUT2D eigenvalue weighted by Crippen LogP contribution is 2.20. The van der Waals surface area contributed by atoms with Crippen molar-refractivity contribution in [3.8, 4) is 0 Å². The number of aryl methyl sites for hydroxylation is 1. The van der Waals surface area contributed by atoms with E-state index in [2.05, 4.69) is 9.97 Å². The van der Waals surface area contributed by atoms with Gasteiger partial charge in [0.15, 0.2) is 0 Å². The van der Waals surface area contributed by atoms with E-state index in [0.717, 1.165) is 0 Å². The molecular formula is C21H20N2O5. The fourth-order valence-electron chi connectivity index (χ4n) is 2.75. The Kier molecular flexibility index (Phi) is 6.16. The maximum absolute atomic E-state index is 12.3. The molecule has 0 aliphatic heterocycles. The Morgan fingerprint density at radius 1 is 1.07 bits per heavy atom. The number of nitrogens with one attached hydrogen (secondary N) is 1. The lowest BCUT2D eigenvalue weighted by atomic mass is 10.1. The van der Waals surface area contributed by atoms with Crippen molar-refractivity contribution in [1.82, 2.24) is 9.97 Å². The summed E-state index contributed by atoms with van der Waals surface area (Å²) >= 11 is 0. The van der Waals surface area contributed by atoms with E-state index in [0.29, 0.717) is 16.6 Å². The minimum atomic E-state index is -1.14. The molecule has 0 saturated carbocycles. The Morgan fingerprint density at radius 3 is 2.54 bits per heavy atom. The largest absolute Gasteiger partial charge is 0.463 e. The third-order valence-electron chi connectivity index (χ3n) is 4.09. The Morgan fingerprint density at radius 2 is 1.79 bits per heavy atom. The van der Waals surface area contributed by atoms with Gasteiger partial charge in [-0.15, -0.1) is 0 Å². The third kappa shape index (κ3) is 4.62. The number of ether oxygens (including phenoxy) is 2. The second-order valence-corrected chi connectivity index (χ2v) is 6.06. The molecule has 0 radical (unpaired) electrons. The van der Waals surface area contributed by atoms with E-state index in [1.165, 1.54) is 0 Å². The van der Waals surface area contributed by atoms with Gasteiger partial charge < -0.3 is 14.5 Å². The van der Waals surface area contributed by atoms with Crippen molar-refractivity contribution in [2.24, 2.45) is 0 Å². The predicted octanol–water partition coefficient (Wildman–Crippen LogP) is 2.70. The SMILES string of the molecule is CCOC(=O)[C@H](OC(=O)CCc1nc2ccccc2[nH]c1=O)c1ccccc1. The van der Waals surface area contributed by atoms with Gasteiger partial charge in [0.25, 0.3) is 5.56 Å². The van der Waals surface area contributed by atoms with Crippen LogP contribution >= 0.6 is 0 Å². The van der Waals surface area contributed by atoms with Crippen molar-refractivity contribution in [1.29, 1.82) is 0 Å². The summed E-state index contributed by atoms with van der Waals surface area (Å²) in [6.07, 6.45) is -1.13. The number of carbonyl (C=O) groups is 2. The van der Waals surface area contributed by atoms with Crippen LogP contribution in [0.1, 0.15) is 30.7 Å². The molecule has 0 saturated heterocycles. The smallest absolute Gasteiger partial charge is 0.352 e. The average molecular weight is 380 g/mol. The van der Waals surface area contributed by atoms with Crippen molar-refractivity contribution < 1.29 is 19.1 Å². The van der Waals surface area contributed by atoms with Crippen LogP contribution in [0.4, 0.5) is 0 Å². The molecule has 0 aliphatic rings. The number of esters is 2. The van der Waals surface area contributed by atoms with Crippen molar-refractivity contribution in [3.63, 3.8) is 0 Å². The Labute approximate surface area is 161 Å². The molecule has 28 heavy (non-hydrogen) atoms. The number of aromatic nitrogens is 2. The number of benzene rings is 2. The zero-order chi connectivity index (χ0) is 19.9. The molecule has 1 heterocycles. The summed E-state index contributed by atoms with van der Waals surface area (Å²) in [7, 11) is 0. The first-order chi connectivity index (χ1) is 13.6. The van der Waals surface area contributed by atoms with Crippen LogP contribution in [0.25, 0.3) is 11.0 Å². The summed E-state index contributed by atoms with van der Waals surface area (Å²) in [6.45, 7) is 1.86. The van der Waals surface area contributed by atoms with Crippen LogP contribution in [0.5, 0.6) is 0 Å². The summed E-state index contributed by atoms with van der Waals surface area (Å²) in [6, 6.07) is 15.8. The van der Waals surface area contributed by atoms with Crippen LogP contribution in [-0.2, 0) is 25.5 Å².